The second kappa shape index (κ2) is 9.14. The fourth-order valence-corrected chi connectivity index (χ4v) is 4.03. The number of hydrogen-bond donors (Lipinski definition) is 1. The predicted molar refractivity (Wildman–Crippen MR) is 123 cm³/mol. The Morgan fingerprint density at radius 3 is 2.33 bits per heavy atom. The topological polar surface area (TPSA) is 126 Å². The first kappa shape index (κ1) is 25.7. The molecule has 2 N–H and O–H groups in total. The molecule has 0 fully saturated rings. The maximum Gasteiger partial charge on any atom is 0.451 e. The molecular weight excluding hydrogens is 536 g/mol. The third kappa shape index (κ3) is 4.87. The Bertz CT molecular complexity index is 1800. The summed E-state index contributed by atoms with van der Waals surface area (Å²) in [4.78, 5) is 33.1. The van der Waals surface area contributed by atoms with Crippen LogP contribution in [-0.4, -0.2) is 34.9 Å². The summed E-state index contributed by atoms with van der Waals surface area (Å²) in [6, 6.07) is 10.4. The minimum Gasteiger partial charge on any atom is -0.439 e. The second-order valence-electron chi connectivity index (χ2n) is 8.28. The molecule has 4 aromatic heterocycles. The van der Waals surface area contributed by atoms with E-state index in [0.29, 0.717) is 21.2 Å². The lowest BCUT2D eigenvalue weighted by atomic mass is 10.0. The van der Waals surface area contributed by atoms with Crippen LogP contribution in [0, 0.1) is 0 Å². The number of nitrogens with zero attached hydrogens (tertiary/aromatic N) is 6. The van der Waals surface area contributed by atoms with E-state index >= 15 is 0 Å². The largest absolute Gasteiger partial charge is 0.451 e. The molecular formula is C23H15F6N7O3. The number of aromatic nitrogens is 6. The van der Waals surface area contributed by atoms with Gasteiger partial charge >= 0.3 is 18.0 Å². The molecule has 0 radical (unpaired) electrons. The summed E-state index contributed by atoms with van der Waals surface area (Å²) >= 11 is 0. The van der Waals surface area contributed by atoms with Crippen LogP contribution in [0.25, 0.3) is 28.0 Å². The molecule has 0 saturated carbocycles. The molecule has 4 heterocycles. The highest BCUT2D eigenvalue weighted by atomic mass is 19.4. The van der Waals surface area contributed by atoms with Gasteiger partial charge in [-0.3, -0.25) is 4.79 Å². The Balaban J connectivity index is 1.78. The number of fused-ring (bicyclic) bond motifs is 1. The van der Waals surface area contributed by atoms with Gasteiger partial charge in [-0.25, -0.2) is 23.8 Å². The van der Waals surface area contributed by atoms with Crippen molar-refractivity contribution in [2.45, 2.75) is 25.4 Å². The number of nitrogens with two attached hydrogens (primary N) is 1. The molecule has 0 aliphatic heterocycles. The van der Waals surface area contributed by atoms with Crippen molar-refractivity contribution < 1.29 is 30.8 Å². The third-order valence-corrected chi connectivity index (χ3v) is 5.62. The Labute approximate surface area is 212 Å². The van der Waals surface area contributed by atoms with E-state index in [0.717, 1.165) is 16.7 Å². The number of anilines is 1. The first-order valence-electron chi connectivity index (χ1n) is 10.9. The summed E-state index contributed by atoms with van der Waals surface area (Å²) in [5.41, 5.74) is 3.83. The molecule has 5 rings (SSSR count). The Hall–Kier alpha value is -4.89. The highest BCUT2D eigenvalue weighted by molar-refractivity contribution is 5.90. The van der Waals surface area contributed by atoms with Gasteiger partial charge in [0.15, 0.2) is 12.0 Å². The van der Waals surface area contributed by atoms with Gasteiger partial charge in [0.25, 0.3) is 5.56 Å². The molecule has 0 amide bonds. The van der Waals surface area contributed by atoms with Gasteiger partial charge in [-0.05, 0) is 6.07 Å². The predicted octanol–water partition coefficient (Wildman–Crippen LogP) is 3.59. The van der Waals surface area contributed by atoms with E-state index in [1.54, 1.807) is 30.3 Å². The summed E-state index contributed by atoms with van der Waals surface area (Å²) < 4.78 is 85.5. The molecule has 0 unspecified atom stereocenters. The number of benzene rings is 1. The van der Waals surface area contributed by atoms with E-state index in [-0.39, 0.29) is 28.4 Å². The van der Waals surface area contributed by atoms with Crippen LogP contribution in [0.4, 0.5) is 32.3 Å². The Kier molecular flexibility index (Phi) is 6.03. The van der Waals surface area contributed by atoms with E-state index in [4.69, 9.17) is 5.73 Å². The summed E-state index contributed by atoms with van der Waals surface area (Å²) in [5, 5.41) is 4.15. The summed E-state index contributed by atoms with van der Waals surface area (Å²) in [6.07, 6.45) is -8.12. The first-order valence-corrected chi connectivity index (χ1v) is 10.9. The zero-order valence-electron chi connectivity index (χ0n) is 19.4. The van der Waals surface area contributed by atoms with Crippen molar-refractivity contribution in [2.24, 2.45) is 0 Å². The molecule has 16 heteroatoms. The van der Waals surface area contributed by atoms with Crippen LogP contribution in [0.1, 0.15) is 11.5 Å². The van der Waals surface area contributed by atoms with Gasteiger partial charge in [-0.15, -0.1) is 5.10 Å². The number of halogens is 6. The van der Waals surface area contributed by atoms with Crippen molar-refractivity contribution in [3.8, 4) is 22.4 Å². The highest BCUT2D eigenvalue weighted by Crippen LogP contribution is 2.35. The van der Waals surface area contributed by atoms with E-state index < -0.39 is 48.1 Å². The van der Waals surface area contributed by atoms with Crippen LogP contribution in [-0.2, 0) is 19.3 Å². The molecule has 0 spiro atoms. The van der Waals surface area contributed by atoms with Crippen molar-refractivity contribution in [1.29, 1.82) is 0 Å². The van der Waals surface area contributed by atoms with Crippen LogP contribution in [0.5, 0.6) is 0 Å². The zero-order chi connectivity index (χ0) is 28.1. The standard InChI is InChI=1S/C23H15F6N7O3/c24-22(25,26)10-34-8-13(6-7-15(34)37)16-17(12-4-2-1-3-5-12)32-20(30)36-19(16)33-35(21(36)38)9-14-18(23(27,28)29)39-11-31-14/h1-8,11H,9-10H2,(H2,30,32). The molecule has 1 aromatic carbocycles. The third-order valence-electron chi connectivity index (χ3n) is 5.62. The van der Waals surface area contributed by atoms with Gasteiger partial charge in [-0.1, -0.05) is 30.3 Å². The van der Waals surface area contributed by atoms with Gasteiger partial charge in [0.2, 0.25) is 11.7 Å². The van der Waals surface area contributed by atoms with Gasteiger partial charge in [0.05, 0.1) is 17.8 Å². The van der Waals surface area contributed by atoms with Crippen LogP contribution in [0.15, 0.2) is 69.1 Å². The van der Waals surface area contributed by atoms with E-state index in [1.807, 2.05) is 0 Å². The lowest BCUT2D eigenvalue weighted by molar-refractivity contribution is -0.153. The van der Waals surface area contributed by atoms with E-state index in [9.17, 15) is 35.9 Å². The molecule has 0 bridgehead atoms. The van der Waals surface area contributed by atoms with Crippen molar-refractivity contribution in [2.75, 3.05) is 5.73 Å². The molecule has 39 heavy (non-hydrogen) atoms. The van der Waals surface area contributed by atoms with Crippen molar-refractivity contribution >= 4 is 11.6 Å². The molecule has 0 aliphatic rings. The zero-order valence-corrected chi connectivity index (χ0v) is 19.4. The second-order valence-corrected chi connectivity index (χ2v) is 8.28. The normalized spacial score (nSPS) is 12.4. The lowest BCUT2D eigenvalue weighted by Crippen LogP contribution is -2.27. The van der Waals surface area contributed by atoms with E-state index in [2.05, 4.69) is 19.5 Å². The molecule has 0 atom stereocenters. The van der Waals surface area contributed by atoms with Gasteiger partial charge < -0.3 is 14.7 Å². The Morgan fingerprint density at radius 2 is 1.67 bits per heavy atom. The van der Waals surface area contributed by atoms with Gasteiger partial charge in [-0.2, -0.15) is 26.3 Å². The molecule has 10 nitrogen and oxygen atoms in total. The fraction of sp³-hybridized carbons (Fsp3) is 0.174. The number of pyridine rings is 1. The van der Waals surface area contributed by atoms with Crippen LogP contribution in [0.3, 0.4) is 0 Å². The number of oxazole rings is 1. The van der Waals surface area contributed by atoms with Gasteiger partial charge in [0.1, 0.15) is 12.2 Å². The van der Waals surface area contributed by atoms with Crippen molar-refractivity contribution in [3.05, 3.63) is 87.3 Å². The van der Waals surface area contributed by atoms with E-state index in [1.165, 1.54) is 6.07 Å². The fourth-order valence-electron chi connectivity index (χ4n) is 4.03. The average molecular weight is 551 g/mol. The first-order chi connectivity index (χ1) is 18.3. The smallest absolute Gasteiger partial charge is 0.439 e. The molecule has 0 saturated heterocycles. The number of hydrogen-bond acceptors (Lipinski definition) is 7. The minimum atomic E-state index is -4.90. The summed E-state index contributed by atoms with van der Waals surface area (Å²) in [6.45, 7) is -2.36. The number of alkyl halides is 6. The maximum absolute atomic E-state index is 13.3. The highest BCUT2D eigenvalue weighted by Gasteiger charge is 2.39. The Morgan fingerprint density at radius 1 is 0.949 bits per heavy atom. The molecule has 5 aromatic rings. The molecule has 202 valence electrons. The van der Waals surface area contributed by atoms with Crippen LogP contribution >= 0.6 is 0 Å². The number of rotatable bonds is 5. The summed E-state index contributed by atoms with van der Waals surface area (Å²) in [5.74, 6) is -1.81. The van der Waals surface area contributed by atoms with Crippen molar-refractivity contribution in [1.82, 2.24) is 28.7 Å². The SMILES string of the molecule is Nc1nc(-c2ccccc2)c(-c2ccc(=O)n(CC(F)(F)F)c2)c2nn(Cc3ncoc3C(F)(F)F)c(=O)n12. The maximum atomic E-state index is 13.3. The summed E-state index contributed by atoms with van der Waals surface area (Å²) in [7, 11) is 0. The minimum absolute atomic E-state index is 0.0124. The monoisotopic (exact) mass is 551 g/mol. The average Bonchev–Trinajstić information content (AvgIpc) is 3.45. The lowest BCUT2D eigenvalue weighted by Gasteiger charge is -2.14. The van der Waals surface area contributed by atoms with Gasteiger partial charge in [0, 0.05) is 23.4 Å². The van der Waals surface area contributed by atoms with Crippen LogP contribution in [0.2, 0.25) is 0 Å². The quantitative estimate of drug-likeness (QED) is 0.331. The molecule has 0 aliphatic carbocycles. The van der Waals surface area contributed by atoms with Crippen LogP contribution < -0.4 is 17.0 Å². The number of nitrogen functional groups attached to an aromatic ring is 1. The van der Waals surface area contributed by atoms with Crippen molar-refractivity contribution in [3.63, 3.8) is 0 Å².